The monoisotopic (exact) mass is 705 g/mol. The summed E-state index contributed by atoms with van der Waals surface area (Å²) in [5.41, 5.74) is 3.61. The number of benzene rings is 4. The Labute approximate surface area is 282 Å². The van der Waals surface area contributed by atoms with Crippen LogP contribution in [0.15, 0.2) is 114 Å². The number of anilines is 1. The van der Waals surface area contributed by atoms with Crippen LogP contribution in [0.4, 0.5) is 19.3 Å². The predicted octanol–water partition coefficient (Wildman–Crippen LogP) is 7.11. The number of halogens is 3. The van der Waals surface area contributed by atoms with E-state index >= 15 is 8.78 Å². The molecule has 1 fully saturated rings. The number of methoxy groups -OCH3 is 1. The van der Waals surface area contributed by atoms with Gasteiger partial charge in [0.15, 0.2) is 0 Å². The van der Waals surface area contributed by atoms with E-state index in [9.17, 15) is 9.59 Å². The summed E-state index contributed by atoms with van der Waals surface area (Å²) >= 11 is 3.34. The first-order chi connectivity index (χ1) is 22.7. The molecule has 2 amide bonds. The molecule has 0 saturated carbocycles. The third-order valence-corrected chi connectivity index (χ3v) is 8.81. The summed E-state index contributed by atoms with van der Waals surface area (Å²) in [4.78, 5) is 26.5. The molecule has 0 radical (unpaired) electrons. The van der Waals surface area contributed by atoms with Gasteiger partial charge in [-0.2, -0.15) is 0 Å². The van der Waals surface area contributed by atoms with Crippen LogP contribution in [-0.4, -0.2) is 56.4 Å². The normalized spacial score (nSPS) is 17.1. The number of alkyl halides is 2. The lowest BCUT2D eigenvalue weighted by molar-refractivity contribution is -0.170. The van der Waals surface area contributed by atoms with E-state index in [4.69, 9.17) is 9.47 Å². The fraction of sp³-hybridized carbons (Fsp3) is 0.297. The largest absolute Gasteiger partial charge is 0.453 e. The summed E-state index contributed by atoms with van der Waals surface area (Å²) < 4.78 is 42.2. The molecule has 4 aromatic rings. The second-order valence-electron chi connectivity index (χ2n) is 11.6. The predicted molar refractivity (Wildman–Crippen MR) is 182 cm³/mol. The number of morpholine rings is 1. The third kappa shape index (κ3) is 9.24. The highest BCUT2D eigenvalue weighted by Gasteiger charge is 2.43. The fourth-order valence-corrected chi connectivity index (χ4v) is 6.15. The van der Waals surface area contributed by atoms with Crippen molar-refractivity contribution in [3.63, 3.8) is 0 Å². The lowest BCUT2D eigenvalue weighted by Gasteiger charge is -2.35. The SMILES string of the molecule is COC(=O)N[C@H](C(=O)Nc1ccccc1CC[C@@H]1CNC[C@@H](C(F)(F)Cc2ccc(Br)cc2)O1)C(c1ccccc1)c1ccccc1. The van der Waals surface area contributed by atoms with Gasteiger partial charge in [-0.3, -0.25) is 4.79 Å². The minimum Gasteiger partial charge on any atom is -0.453 e. The van der Waals surface area contributed by atoms with Crippen LogP contribution in [0.3, 0.4) is 0 Å². The minimum absolute atomic E-state index is 0.0608. The molecule has 0 aliphatic carbocycles. The number of rotatable bonds is 12. The van der Waals surface area contributed by atoms with Crippen molar-refractivity contribution in [2.24, 2.45) is 0 Å². The lowest BCUT2D eigenvalue weighted by atomic mass is 9.84. The van der Waals surface area contributed by atoms with Gasteiger partial charge in [0.2, 0.25) is 5.91 Å². The van der Waals surface area contributed by atoms with Crippen LogP contribution in [0.1, 0.15) is 34.6 Å². The molecule has 246 valence electrons. The highest BCUT2D eigenvalue weighted by molar-refractivity contribution is 9.10. The molecule has 4 aromatic carbocycles. The quantitative estimate of drug-likeness (QED) is 0.146. The molecule has 0 aromatic heterocycles. The number of hydrogen-bond donors (Lipinski definition) is 3. The van der Waals surface area contributed by atoms with E-state index in [-0.39, 0.29) is 6.54 Å². The molecule has 5 rings (SSSR count). The van der Waals surface area contributed by atoms with Crippen molar-refractivity contribution >= 4 is 33.6 Å². The Balaban J connectivity index is 1.30. The molecular formula is C37H38BrF2N3O4. The number of alkyl carbamates (subject to hydrolysis) is 1. The molecule has 0 spiro atoms. The molecule has 1 aliphatic heterocycles. The van der Waals surface area contributed by atoms with Crippen molar-refractivity contribution in [2.45, 2.75) is 49.4 Å². The Morgan fingerprint density at radius 3 is 2.17 bits per heavy atom. The van der Waals surface area contributed by atoms with Crippen molar-refractivity contribution in [1.29, 1.82) is 0 Å². The second-order valence-corrected chi connectivity index (χ2v) is 12.5. The van der Waals surface area contributed by atoms with E-state index < -0.39 is 48.5 Å². The summed E-state index contributed by atoms with van der Waals surface area (Å²) in [6.07, 6.45) is -1.92. The number of aryl methyl sites for hydroxylation is 1. The molecule has 1 heterocycles. The number of ether oxygens (including phenoxy) is 2. The highest BCUT2D eigenvalue weighted by Crippen LogP contribution is 2.32. The maximum Gasteiger partial charge on any atom is 0.407 e. The number of hydrogen-bond acceptors (Lipinski definition) is 5. The van der Waals surface area contributed by atoms with Crippen LogP contribution in [0.25, 0.3) is 0 Å². The third-order valence-electron chi connectivity index (χ3n) is 8.29. The van der Waals surface area contributed by atoms with E-state index in [1.54, 1.807) is 30.3 Å². The first kappa shape index (κ1) is 34.2. The molecule has 10 heteroatoms. The van der Waals surface area contributed by atoms with Gasteiger partial charge < -0.3 is 25.4 Å². The fourth-order valence-electron chi connectivity index (χ4n) is 5.88. The van der Waals surface area contributed by atoms with Crippen molar-refractivity contribution in [1.82, 2.24) is 10.6 Å². The molecule has 0 unspecified atom stereocenters. The van der Waals surface area contributed by atoms with Crippen LogP contribution in [0.2, 0.25) is 0 Å². The standard InChI is InChI=1S/C37H38BrF2N3O4/c1-46-36(45)43-34(33(27-11-4-2-5-12-27)28-13-6-3-7-14-28)35(44)42-31-15-9-8-10-26(31)18-21-30-23-41-24-32(47-30)37(39,40)22-25-16-19-29(38)20-17-25/h2-17,19-20,30,32-34,41H,18,21-24H2,1H3,(H,42,44)(H,43,45)/t30-,32+,34+/m1/s1. The van der Waals surface area contributed by atoms with Crippen LogP contribution in [-0.2, 0) is 27.1 Å². The number of para-hydroxylation sites is 1. The molecule has 0 bridgehead atoms. The van der Waals surface area contributed by atoms with Crippen molar-refractivity contribution < 1.29 is 27.8 Å². The van der Waals surface area contributed by atoms with Gasteiger partial charge in [-0.25, -0.2) is 13.6 Å². The second kappa shape index (κ2) is 16.1. The zero-order valence-electron chi connectivity index (χ0n) is 26.0. The van der Waals surface area contributed by atoms with Gasteiger partial charge in [-0.15, -0.1) is 0 Å². The maximum atomic E-state index is 15.3. The van der Waals surface area contributed by atoms with Crippen molar-refractivity contribution in [3.8, 4) is 0 Å². The van der Waals surface area contributed by atoms with Crippen LogP contribution in [0, 0.1) is 0 Å². The zero-order chi connectivity index (χ0) is 33.2. The molecule has 3 N–H and O–H groups in total. The van der Waals surface area contributed by atoms with Crippen molar-refractivity contribution in [2.75, 3.05) is 25.5 Å². The Bertz CT molecular complexity index is 1570. The summed E-state index contributed by atoms with van der Waals surface area (Å²) in [6, 6.07) is 32.2. The Hall–Kier alpha value is -4.12. The van der Waals surface area contributed by atoms with E-state index in [1.165, 1.54) is 7.11 Å². The topological polar surface area (TPSA) is 88.7 Å². The Morgan fingerprint density at radius 1 is 0.915 bits per heavy atom. The molecule has 7 nitrogen and oxygen atoms in total. The number of carbonyl (C=O) groups excluding carboxylic acids is 2. The van der Waals surface area contributed by atoms with Gasteiger partial charge in [-0.1, -0.05) is 107 Å². The van der Waals surface area contributed by atoms with E-state index in [2.05, 4.69) is 31.9 Å². The van der Waals surface area contributed by atoms with E-state index in [0.717, 1.165) is 21.2 Å². The van der Waals surface area contributed by atoms with Crippen molar-refractivity contribution in [3.05, 3.63) is 136 Å². The number of carbonyl (C=O) groups is 2. The summed E-state index contributed by atoms with van der Waals surface area (Å²) in [5.74, 6) is -3.99. The molecular weight excluding hydrogens is 668 g/mol. The van der Waals surface area contributed by atoms with Gasteiger partial charge in [0.1, 0.15) is 12.1 Å². The number of amides is 2. The van der Waals surface area contributed by atoms with Gasteiger partial charge in [0, 0.05) is 35.6 Å². The lowest BCUT2D eigenvalue weighted by Crippen LogP contribution is -2.53. The molecule has 1 aliphatic rings. The summed E-state index contributed by atoms with van der Waals surface area (Å²) in [5, 5.41) is 8.89. The van der Waals surface area contributed by atoms with E-state index in [1.807, 2.05) is 78.9 Å². The Morgan fingerprint density at radius 2 is 1.53 bits per heavy atom. The number of nitrogens with one attached hydrogen (secondary N) is 3. The smallest absolute Gasteiger partial charge is 0.407 e. The first-order valence-electron chi connectivity index (χ1n) is 15.5. The Kier molecular flexibility index (Phi) is 11.7. The first-order valence-corrected chi connectivity index (χ1v) is 16.3. The average Bonchev–Trinajstić information content (AvgIpc) is 3.09. The maximum absolute atomic E-state index is 15.3. The van der Waals surface area contributed by atoms with Gasteiger partial charge in [0.05, 0.1) is 13.2 Å². The highest BCUT2D eigenvalue weighted by atomic mass is 79.9. The van der Waals surface area contributed by atoms with E-state index in [0.29, 0.717) is 30.6 Å². The summed E-state index contributed by atoms with van der Waals surface area (Å²) in [7, 11) is 1.25. The summed E-state index contributed by atoms with van der Waals surface area (Å²) in [6.45, 7) is 0.506. The minimum atomic E-state index is -3.05. The van der Waals surface area contributed by atoms with Crippen LogP contribution in [0.5, 0.6) is 0 Å². The van der Waals surface area contributed by atoms with Gasteiger partial charge >= 0.3 is 6.09 Å². The molecule has 47 heavy (non-hydrogen) atoms. The van der Waals surface area contributed by atoms with Crippen LogP contribution < -0.4 is 16.0 Å². The van der Waals surface area contributed by atoms with Gasteiger partial charge in [-0.05, 0) is 53.3 Å². The zero-order valence-corrected chi connectivity index (χ0v) is 27.6. The van der Waals surface area contributed by atoms with Crippen LogP contribution >= 0.6 is 15.9 Å². The molecule has 1 saturated heterocycles. The molecule has 3 atom stereocenters. The average molecular weight is 707 g/mol. The van der Waals surface area contributed by atoms with Gasteiger partial charge in [0.25, 0.3) is 5.92 Å².